The van der Waals surface area contributed by atoms with E-state index in [0.29, 0.717) is 32.0 Å². The van der Waals surface area contributed by atoms with Crippen LogP contribution >= 0.6 is 11.3 Å². The second-order valence-electron chi connectivity index (χ2n) is 6.77. The Bertz CT molecular complexity index is 768. The van der Waals surface area contributed by atoms with Gasteiger partial charge in [0.1, 0.15) is 16.5 Å². The first kappa shape index (κ1) is 18.3. The summed E-state index contributed by atoms with van der Waals surface area (Å²) in [6.45, 7) is 6.87. The van der Waals surface area contributed by atoms with Gasteiger partial charge >= 0.3 is 0 Å². The van der Waals surface area contributed by atoms with Gasteiger partial charge in [-0.3, -0.25) is 9.69 Å². The zero-order valence-corrected chi connectivity index (χ0v) is 16.0. The topological polar surface area (TPSA) is 48.9 Å². The van der Waals surface area contributed by atoms with Crippen LogP contribution in [0.4, 0.5) is 10.1 Å². The van der Waals surface area contributed by atoms with Crippen LogP contribution in [0.3, 0.4) is 0 Å². The molecule has 27 heavy (non-hydrogen) atoms. The normalized spacial score (nSPS) is 18.7. The summed E-state index contributed by atoms with van der Waals surface area (Å²) in [6.07, 6.45) is 0. The largest absolute Gasteiger partial charge is 0.378 e. The lowest BCUT2D eigenvalue weighted by Crippen LogP contribution is -2.46. The molecule has 0 unspecified atom stereocenters. The van der Waals surface area contributed by atoms with E-state index in [9.17, 15) is 9.18 Å². The van der Waals surface area contributed by atoms with Crippen molar-refractivity contribution in [2.75, 3.05) is 57.4 Å². The molecule has 0 N–H and O–H groups in total. The molecule has 2 aliphatic heterocycles. The fourth-order valence-electron chi connectivity index (χ4n) is 3.42. The van der Waals surface area contributed by atoms with Crippen molar-refractivity contribution in [1.82, 2.24) is 14.8 Å². The first-order valence-corrected chi connectivity index (χ1v) is 10.1. The Labute approximate surface area is 162 Å². The summed E-state index contributed by atoms with van der Waals surface area (Å²) in [7, 11) is 0. The van der Waals surface area contributed by atoms with Crippen LogP contribution in [0.1, 0.15) is 15.5 Å². The van der Waals surface area contributed by atoms with Crippen LogP contribution < -0.4 is 4.90 Å². The highest BCUT2D eigenvalue weighted by molar-refractivity contribution is 7.09. The maximum Gasteiger partial charge on any atom is 0.273 e. The van der Waals surface area contributed by atoms with Gasteiger partial charge in [-0.1, -0.05) is 0 Å². The number of anilines is 1. The van der Waals surface area contributed by atoms with E-state index in [2.05, 4.69) is 14.8 Å². The fourth-order valence-corrected chi connectivity index (χ4v) is 4.23. The number of benzene rings is 1. The molecule has 2 saturated heterocycles. The molecule has 0 saturated carbocycles. The van der Waals surface area contributed by atoms with Gasteiger partial charge in [-0.25, -0.2) is 9.37 Å². The molecular weight excluding hydrogens is 367 g/mol. The van der Waals surface area contributed by atoms with Crippen LogP contribution in [0.25, 0.3) is 0 Å². The average Bonchev–Trinajstić information content (AvgIpc) is 3.18. The van der Waals surface area contributed by atoms with E-state index in [1.165, 1.54) is 12.1 Å². The lowest BCUT2D eigenvalue weighted by Gasteiger charge is -2.35. The van der Waals surface area contributed by atoms with Gasteiger partial charge in [-0.2, -0.15) is 0 Å². The number of rotatable bonds is 4. The molecule has 0 radical (unpaired) electrons. The smallest absolute Gasteiger partial charge is 0.273 e. The summed E-state index contributed by atoms with van der Waals surface area (Å²) in [5, 5.41) is 2.84. The number of thiazole rings is 1. The van der Waals surface area contributed by atoms with Crippen molar-refractivity contribution in [1.29, 1.82) is 0 Å². The standard InChI is InChI=1S/C19H23FN4O2S/c20-15-1-3-16(4-2-15)23-7-5-22(6-8-23)13-18-21-17(14-27-18)19(25)24-9-11-26-12-10-24/h1-4,14H,5-13H2. The Morgan fingerprint density at radius 3 is 2.48 bits per heavy atom. The Hall–Kier alpha value is -2.03. The summed E-state index contributed by atoms with van der Waals surface area (Å²) in [5.41, 5.74) is 1.60. The predicted molar refractivity (Wildman–Crippen MR) is 103 cm³/mol. The number of aromatic nitrogens is 1. The van der Waals surface area contributed by atoms with Crippen LogP contribution in [-0.2, 0) is 11.3 Å². The molecule has 1 aromatic heterocycles. The maximum atomic E-state index is 13.1. The lowest BCUT2D eigenvalue weighted by molar-refractivity contribution is 0.0299. The molecule has 0 atom stereocenters. The number of halogens is 1. The number of piperazine rings is 1. The molecule has 6 nitrogen and oxygen atoms in total. The number of ether oxygens (including phenoxy) is 1. The van der Waals surface area contributed by atoms with Gasteiger partial charge in [0.2, 0.25) is 0 Å². The molecule has 144 valence electrons. The summed E-state index contributed by atoms with van der Waals surface area (Å²) < 4.78 is 18.4. The Kier molecular flexibility index (Phi) is 5.66. The minimum absolute atomic E-state index is 0.00179. The van der Waals surface area contributed by atoms with E-state index in [4.69, 9.17) is 4.74 Å². The molecule has 4 rings (SSSR count). The monoisotopic (exact) mass is 390 g/mol. The summed E-state index contributed by atoms with van der Waals surface area (Å²) in [5.74, 6) is -0.203. The number of carbonyl (C=O) groups is 1. The van der Waals surface area contributed by atoms with E-state index >= 15 is 0 Å². The third-order valence-electron chi connectivity index (χ3n) is 4.99. The van der Waals surface area contributed by atoms with E-state index in [0.717, 1.165) is 43.4 Å². The van der Waals surface area contributed by atoms with Crippen molar-refractivity contribution in [3.63, 3.8) is 0 Å². The fraction of sp³-hybridized carbons (Fsp3) is 0.474. The quantitative estimate of drug-likeness (QED) is 0.800. The third kappa shape index (κ3) is 4.45. The van der Waals surface area contributed by atoms with Gasteiger partial charge in [0.25, 0.3) is 5.91 Å². The van der Waals surface area contributed by atoms with Gasteiger partial charge < -0.3 is 14.5 Å². The van der Waals surface area contributed by atoms with Crippen molar-refractivity contribution in [3.8, 4) is 0 Å². The van der Waals surface area contributed by atoms with Crippen LogP contribution in [0.2, 0.25) is 0 Å². The van der Waals surface area contributed by atoms with E-state index in [1.807, 2.05) is 22.4 Å². The molecule has 2 aromatic rings. The molecule has 2 fully saturated rings. The van der Waals surface area contributed by atoms with Crippen molar-refractivity contribution in [3.05, 3.63) is 46.2 Å². The Morgan fingerprint density at radius 2 is 1.78 bits per heavy atom. The number of amides is 1. The molecule has 1 aromatic carbocycles. The van der Waals surface area contributed by atoms with Gasteiger partial charge in [-0.15, -0.1) is 11.3 Å². The minimum atomic E-state index is -0.205. The van der Waals surface area contributed by atoms with Gasteiger partial charge in [0.05, 0.1) is 19.8 Å². The number of hydrogen-bond donors (Lipinski definition) is 0. The van der Waals surface area contributed by atoms with Gasteiger partial charge in [0, 0.05) is 50.3 Å². The van der Waals surface area contributed by atoms with Crippen molar-refractivity contribution in [2.24, 2.45) is 0 Å². The lowest BCUT2D eigenvalue weighted by atomic mass is 10.2. The average molecular weight is 390 g/mol. The molecule has 0 spiro atoms. The predicted octanol–water partition coefficient (Wildman–Crippen LogP) is 2.08. The summed E-state index contributed by atoms with van der Waals surface area (Å²) in [6, 6.07) is 6.67. The van der Waals surface area contributed by atoms with Gasteiger partial charge in [0.15, 0.2) is 0 Å². The van der Waals surface area contributed by atoms with Crippen molar-refractivity contribution in [2.45, 2.75) is 6.54 Å². The second-order valence-corrected chi connectivity index (χ2v) is 7.71. The molecule has 0 bridgehead atoms. The molecule has 1 amide bonds. The van der Waals surface area contributed by atoms with Crippen LogP contribution in [0, 0.1) is 5.82 Å². The first-order valence-electron chi connectivity index (χ1n) is 9.23. The highest BCUT2D eigenvalue weighted by Crippen LogP contribution is 2.19. The van der Waals surface area contributed by atoms with Crippen molar-refractivity contribution < 1.29 is 13.9 Å². The zero-order valence-electron chi connectivity index (χ0n) is 15.1. The van der Waals surface area contributed by atoms with Crippen LogP contribution in [0.5, 0.6) is 0 Å². The number of nitrogens with zero attached hydrogens (tertiary/aromatic N) is 4. The number of morpholine rings is 1. The second kappa shape index (κ2) is 8.33. The Balaban J connectivity index is 1.30. The highest BCUT2D eigenvalue weighted by atomic mass is 32.1. The number of hydrogen-bond acceptors (Lipinski definition) is 6. The van der Waals surface area contributed by atoms with Gasteiger partial charge in [-0.05, 0) is 24.3 Å². The van der Waals surface area contributed by atoms with E-state index in [1.54, 1.807) is 11.3 Å². The molecule has 0 aliphatic carbocycles. The van der Waals surface area contributed by atoms with Crippen molar-refractivity contribution >= 4 is 22.9 Å². The summed E-state index contributed by atoms with van der Waals surface area (Å²) in [4.78, 5) is 23.5. The van der Waals surface area contributed by atoms with Crippen LogP contribution in [0.15, 0.2) is 29.6 Å². The molecular formula is C19H23FN4O2S. The van der Waals surface area contributed by atoms with E-state index in [-0.39, 0.29) is 11.7 Å². The molecule has 2 aliphatic rings. The molecule has 3 heterocycles. The maximum absolute atomic E-state index is 13.1. The third-order valence-corrected chi connectivity index (χ3v) is 5.83. The first-order chi connectivity index (χ1) is 13.2. The van der Waals surface area contributed by atoms with E-state index < -0.39 is 0 Å². The van der Waals surface area contributed by atoms with Crippen LogP contribution in [-0.4, -0.2) is 73.2 Å². The molecule has 8 heteroatoms. The zero-order chi connectivity index (χ0) is 18.6. The summed E-state index contributed by atoms with van der Waals surface area (Å²) >= 11 is 1.55. The number of carbonyl (C=O) groups excluding carboxylic acids is 1. The SMILES string of the molecule is O=C(c1csc(CN2CCN(c3ccc(F)cc3)CC2)n1)N1CCOCC1. The Morgan fingerprint density at radius 1 is 1.07 bits per heavy atom. The minimum Gasteiger partial charge on any atom is -0.378 e. The highest BCUT2D eigenvalue weighted by Gasteiger charge is 2.22.